The highest BCUT2D eigenvalue weighted by molar-refractivity contribution is 5.82. The molecule has 52 heavy (non-hydrogen) atoms. The van der Waals surface area contributed by atoms with Crippen molar-refractivity contribution in [2.24, 2.45) is 0 Å². The number of aromatic nitrogens is 1. The molecule has 2 aromatic carbocycles. The van der Waals surface area contributed by atoms with Crippen molar-refractivity contribution < 1.29 is 50.2 Å². The number of alkyl halides is 6. The van der Waals surface area contributed by atoms with Gasteiger partial charge in [0.2, 0.25) is 5.91 Å². The maximum absolute atomic E-state index is 16.0. The van der Waals surface area contributed by atoms with Crippen LogP contribution in [0.25, 0.3) is 11.1 Å². The smallest absolute Gasteiger partial charge is 0.419 e. The number of aryl methyl sites for hydroxylation is 2. The molecule has 3 heterocycles. The molecule has 0 saturated carbocycles. The monoisotopic (exact) mass is 739 g/mol. The number of benzene rings is 2. The quantitative estimate of drug-likeness (QED) is 0.251. The molecular weight excluding hydrogens is 699 g/mol. The Morgan fingerprint density at radius 3 is 2.25 bits per heavy atom. The van der Waals surface area contributed by atoms with Gasteiger partial charge in [0.25, 0.3) is 5.56 Å². The molecule has 5 rings (SSSR count). The van der Waals surface area contributed by atoms with Crippen LogP contribution in [0.1, 0.15) is 90.4 Å². The lowest BCUT2D eigenvalue weighted by Crippen LogP contribution is -2.41. The fourth-order valence-corrected chi connectivity index (χ4v) is 6.90. The van der Waals surface area contributed by atoms with Crippen molar-refractivity contribution >= 4 is 11.9 Å². The number of carbonyl (C=O) groups excluding carboxylic acids is 1. The lowest BCUT2D eigenvalue weighted by Gasteiger charge is -2.31. The minimum atomic E-state index is -5.23. The van der Waals surface area contributed by atoms with E-state index >= 15 is 4.39 Å². The van der Waals surface area contributed by atoms with Crippen LogP contribution in [-0.4, -0.2) is 52.7 Å². The van der Waals surface area contributed by atoms with E-state index in [0.717, 1.165) is 28.8 Å². The van der Waals surface area contributed by atoms with Crippen molar-refractivity contribution in [1.29, 1.82) is 0 Å². The Balaban J connectivity index is 1.66. The largest absolute Gasteiger partial charge is 0.493 e. The average Bonchev–Trinajstić information content (AvgIpc) is 3.00. The number of carboxylic acids is 1. The van der Waals surface area contributed by atoms with Gasteiger partial charge in [0.1, 0.15) is 17.6 Å². The number of carboxylic acid groups (broad SMARTS) is 1. The van der Waals surface area contributed by atoms with Gasteiger partial charge in [-0.3, -0.25) is 14.4 Å². The summed E-state index contributed by atoms with van der Waals surface area (Å²) < 4.78 is 108. The van der Waals surface area contributed by atoms with Gasteiger partial charge in [-0.25, -0.2) is 4.39 Å². The second-order valence-corrected chi connectivity index (χ2v) is 13.5. The number of hydrogen-bond donors (Lipinski definition) is 2. The molecule has 0 radical (unpaired) electrons. The highest BCUT2D eigenvalue weighted by atomic mass is 19.4. The number of hydrogen-bond acceptors (Lipinski definition) is 5. The fourth-order valence-electron chi connectivity index (χ4n) is 6.90. The molecule has 282 valence electrons. The summed E-state index contributed by atoms with van der Waals surface area (Å²) in [5.74, 6) is -4.18. The molecule has 0 spiro atoms. The first-order valence-corrected chi connectivity index (χ1v) is 17.2. The Hall–Kier alpha value is -4.40. The Bertz CT molecular complexity index is 1870. The summed E-state index contributed by atoms with van der Waals surface area (Å²) in [7, 11) is 0. The summed E-state index contributed by atoms with van der Waals surface area (Å²) in [6, 6.07) is 2.06. The maximum Gasteiger partial charge on any atom is 0.419 e. The molecule has 2 atom stereocenters. The summed E-state index contributed by atoms with van der Waals surface area (Å²) in [6.45, 7) is 5.28. The molecule has 0 unspecified atom stereocenters. The molecule has 15 heteroatoms. The number of amides is 1. The Morgan fingerprint density at radius 2 is 1.62 bits per heavy atom. The van der Waals surface area contributed by atoms with Crippen LogP contribution in [0, 0.1) is 19.7 Å². The lowest BCUT2D eigenvalue weighted by molar-refractivity contribution is -0.140. The van der Waals surface area contributed by atoms with Crippen molar-refractivity contribution in [1.82, 2.24) is 14.8 Å². The zero-order valence-corrected chi connectivity index (χ0v) is 28.7. The van der Waals surface area contributed by atoms with E-state index in [4.69, 9.17) is 4.74 Å². The maximum atomic E-state index is 16.0. The Labute approximate surface area is 295 Å². The third-order valence-electron chi connectivity index (χ3n) is 9.59. The zero-order chi connectivity index (χ0) is 38.0. The van der Waals surface area contributed by atoms with Crippen LogP contribution in [0.5, 0.6) is 5.75 Å². The fraction of sp³-hybridized carbons (Fsp3) is 0.486. The topological polar surface area (TPSA) is 101 Å². The van der Waals surface area contributed by atoms with Crippen LogP contribution in [-0.2, 0) is 28.4 Å². The van der Waals surface area contributed by atoms with Crippen molar-refractivity contribution in [2.75, 3.05) is 26.2 Å². The second-order valence-electron chi connectivity index (χ2n) is 13.5. The lowest BCUT2D eigenvalue weighted by atomic mass is 9.90. The summed E-state index contributed by atoms with van der Waals surface area (Å²) >= 11 is 0. The van der Waals surface area contributed by atoms with Gasteiger partial charge in [0.15, 0.2) is 0 Å². The van der Waals surface area contributed by atoms with E-state index in [9.17, 15) is 45.8 Å². The van der Waals surface area contributed by atoms with E-state index < -0.39 is 70.8 Å². The SMILES string of the molecule is Cc1cc(C)c2c(c1)OCCCCCC[C@H](n1cc(CCN3CCC3)c(C(F)(F)F)cc1=O)C(=O)N[C@@H](CC(=O)O)c1cc-2cc(C(F)(F)F)c1F. The van der Waals surface area contributed by atoms with Gasteiger partial charge in [0.05, 0.1) is 30.2 Å². The van der Waals surface area contributed by atoms with E-state index in [1.807, 2.05) is 4.90 Å². The van der Waals surface area contributed by atoms with Gasteiger partial charge >= 0.3 is 18.3 Å². The summed E-state index contributed by atoms with van der Waals surface area (Å²) in [5, 5.41) is 12.2. The molecule has 1 saturated heterocycles. The van der Waals surface area contributed by atoms with E-state index in [0.29, 0.717) is 56.5 Å². The first kappa shape index (κ1) is 38.8. The molecule has 1 amide bonds. The minimum absolute atomic E-state index is 0.0796. The summed E-state index contributed by atoms with van der Waals surface area (Å²) in [5.41, 5.74) is -3.62. The number of likely N-dealkylation sites (tertiary alicyclic amines) is 1. The molecule has 1 aromatic heterocycles. The van der Waals surface area contributed by atoms with Gasteiger partial charge in [-0.05, 0) is 93.1 Å². The summed E-state index contributed by atoms with van der Waals surface area (Å²) in [4.78, 5) is 41.4. The normalized spacial score (nSPS) is 19.3. The predicted molar refractivity (Wildman–Crippen MR) is 178 cm³/mol. The van der Waals surface area contributed by atoms with Gasteiger partial charge in [-0.2, -0.15) is 26.3 Å². The second kappa shape index (κ2) is 15.7. The van der Waals surface area contributed by atoms with Crippen LogP contribution in [0.4, 0.5) is 30.7 Å². The summed E-state index contributed by atoms with van der Waals surface area (Å²) in [6.07, 6.45) is -7.51. The molecule has 8 nitrogen and oxygen atoms in total. The number of halogens is 7. The molecule has 2 aliphatic heterocycles. The van der Waals surface area contributed by atoms with Gasteiger partial charge in [-0.1, -0.05) is 25.3 Å². The third kappa shape index (κ3) is 8.96. The Kier molecular flexibility index (Phi) is 11.7. The molecule has 1 fully saturated rings. The first-order valence-electron chi connectivity index (χ1n) is 17.2. The number of fused-ring (bicyclic) bond motifs is 4. The number of aliphatic carboxylic acids is 1. The molecule has 2 aliphatic rings. The van der Waals surface area contributed by atoms with Crippen LogP contribution < -0.4 is 15.6 Å². The zero-order valence-electron chi connectivity index (χ0n) is 28.7. The van der Waals surface area contributed by atoms with Crippen LogP contribution in [0.15, 0.2) is 41.3 Å². The molecule has 0 aliphatic carbocycles. The molecule has 3 aromatic rings. The van der Waals surface area contributed by atoms with E-state index in [1.54, 1.807) is 26.0 Å². The average molecular weight is 740 g/mol. The van der Waals surface area contributed by atoms with Gasteiger partial charge in [-0.15, -0.1) is 0 Å². The van der Waals surface area contributed by atoms with E-state index in [-0.39, 0.29) is 48.4 Å². The molecule has 2 bridgehead atoms. The highest BCUT2D eigenvalue weighted by Crippen LogP contribution is 2.42. The van der Waals surface area contributed by atoms with Crippen LogP contribution in [0.2, 0.25) is 0 Å². The van der Waals surface area contributed by atoms with Crippen molar-refractivity contribution in [2.45, 2.75) is 89.7 Å². The third-order valence-corrected chi connectivity index (χ3v) is 9.59. The van der Waals surface area contributed by atoms with Gasteiger partial charge in [0, 0.05) is 29.9 Å². The number of nitrogens with one attached hydrogen (secondary N) is 1. The number of pyridine rings is 1. The number of nitrogens with zero attached hydrogens (tertiary/aromatic N) is 2. The van der Waals surface area contributed by atoms with Crippen molar-refractivity contribution in [3.05, 3.63) is 86.1 Å². The first-order chi connectivity index (χ1) is 24.4. The minimum Gasteiger partial charge on any atom is -0.493 e. The van der Waals surface area contributed by atoms with E-state index in [1.165, 1.54) is 0 Å². The highest BCUT2D eigenvalue weighted by Gasteiger charge is 2.39. The van der Waals surface area contributed by atoms with Gasteiger partial charge < -0.3 is 24.6 Å². The standard InChI is InChI=1S/C37H40F7N3O5/c1-21-14-22(2)33-24-16-25(34(38)27(17-24)37(42,43)44)28(19-32(49)50)45-35(51)29(8-5-3-4-6-13-52-30(33)15-21)47-20-23(9-12-46-10-7-11-46)26(18-31(47)48)36(39,40)41/h14-18,20,28-29H,3-13,19H2,1-2H3,(H,45,51)(H,49,50)/t28-,29-/m0/s1. The van der Waals surface area contributed by atoms with Crippen molar-refractivity contribution in [3.63, 3.8) is 0 Å². The number of carbonyl (C=O) groups is 2. The Morgan fingerprint density at radius 1 is 0.923 bits per heavy atom. The number of ether oxygens (including phenoxy) is 1. The molecule has 2 N–H and O–H groups in total. The van der Waals surface area contributed by atoms with E-state index in [2.05, 4.69) is 5.32 Å². The van der Waals surface area contributed by atoms with Crippen LogP contribution in [0.3, 0.4) is 0 Å². The number of rotatable bonds is 6. The predicted octanol–water partition coefficient (Wildman–Crippen LogP) is 7.77. The van der Waals surface area contributed by atoms with Crippen LogP contribution >= 0.6 is 0 Å². The van der Waals surface area contributed by atoms with Crippen molar-refractivity contribution in [3.8, 4) is 16.9 Å². The molecular formula is C37H40F7N3O5.